The van der Waals surface area contributed by atoms with Gasteiger partial charge >= 0.3 is 5.97 Å². The molecule has 6 heteroatoms. The van der Waals surface area contributed by atoms with E-state index in [1.54, 1.807) is 32.9 Å². The molecule has 31 heavy (non-hydrogen) atoms. The van der Waals surface area contributed by atoms with Gasteiger partial charge in [-0.1, -0.05) is 44.6 Å². The van der Waals surface area contributed by atoms with Crippen molar-refractivity contribution in [2.75, 3.05) is 5.88 Å². The largest absolute Gasteiger partial charge is 0.455 e. The van der Waals surface area contributed by atoms with Crippen molar-refractivity contribution in [3.05, 3.63) is 34.9 Å². The summed E-state index contributed by atoms with van der Waals surface area (Å²) in [5, 5.41) is 23.8. The summed E-state index contributed by atoms with van der Waals surface area (Å²) in [5.74, 6) is -2.09. The van der Waals surface area contributed by atoms with Crippen LogP contribution in [0.2, 0.25) is 0 Å². The lowest BCUT2D eigenvalue weighted by Crippen LogP contribution is -2.61. The second kappa shape index (κ2) is 6.79. The molecule has 0 amide bonds. The first kappa shape index (κ1) is 22.8. The van der Waals surface area contributed by atoms with Crippen molar-refractivity contribution in [3.8, 4) is 0 Å². The van der Waals surface area contributed by atoms with E-state index in [1.807, 2.05) is 13.0 Å². The molecule has 0 aromatic rings. The molecule has 0 saturated heterocycles. The lowest BCUT2D eigenvalue weighted by molar-refractivity contribution is -0.185. The third-order valence-corrected chi connectivity index (χ3v) is 9.22. The normalized spacial score (nSPS) is 45.6. The van der Waals surface area contributed by atoms with Crippen molar-refractivity contribution in [3.63, 3.8) is 0 Å². The van der Waals surface area contributed by atoms with Gasteiger partial charge in [-0.05, 0) is 38.7 Å². The molecule has 7 atom stereocenters. The number of ketones is 1. The number of hydrogen-bond acceptors (Lipinski definition) is 5. The summed E-state index contributed by atoms with van der Waals surface area (Å²) in [6, 6.07) is 0. The number of aliphatic hydroxyl groups is 2. The first-order valence-corrected chi connectivity index (χ1v) is 11.6. The minimum absolute atomic E-state index is 0.108. The number of alkyl halides is 1. The first-order valence-electron chi connectivity index (χ1n) is 11.1. The zero-order chi connectivity index (χ0) is 23.1. The standard InChI is InChI=1S/C25H33ClO5/c1-7-13(2)21(28)31-24-10-15(4)25(30)17(19(24)22(24,5)6)9-16(12-26)11-23(29)18(25)8-14(3)20(23)27/h7-9,15,17-19,29-30H,10-12H2,1-6H3/b13-7+/t15-,17+,18-,19+,23-,24+,25-/m1/s1. The summed E-state index contributed by atoms with van der Waals surface area (Å²) in [6.45, 7) is 11.3. The number of halogens is 1. The number of ether oxygens (including phenoxy) is 1. The second-order valence-electron chi connectivity index (χ2n) is 10.7. The van der Waals surface area contributed by atoms with E-state index in [-0.39, 0.29) is 41.3 Å². The highest BCUT2D eigenvalue weighted by Crippen LogP contribution is 2.76. The maximum absolute atomic E-state index is 13.0. The van der Waals surface area contributed by atoms with E-state index in [1.165, 1.54) is 0 Å². The number of esters is 1. The van der Waals surface area contributed by atoms with E-state index in [0.29, 0.717) is 17.6 Å². The number of allylic oxidation sites excluding steroid dienone is 1. The van der Waals surface area contributed by atoms with Gasteiger partial charge in [0.2, 0.25) is 0 Å². The van der Waals surface area contributed by atoms with Crippen LogP contribution in [0.5, 0.6) is 0 Å². The van der Waals surface area contributed by atoms with Crippen LogP contribution in [0.25, 0.3) is 0 Å². The lowest BCUT2D eigenvalue weighted by Gasteiger charge is -2.50. The Hall–Kier alpha value is -1.43. The Kier molecular flexibility index (Phi) is 4.98. The monoisotopic (exact) mass is 448 g/mol. The van der Waals surface area contributed by atoms with Gasteiger partial charge in [0.1, 0.15) is 11.2 Å². The summed E-state index contributed by atoms with van der Waals surface area (Å²) in [4.78, 5) is 25.7. The van der Waals surface area contributed by atoms with Crippen LogP contribution < -0.4 is 0 Å². The Morgan fingerprint density at radius 2 is 1.97 bits per heavy atom. The Morgan fingerprint density at radius 3 is 2.55 bits per heavy atom. The highest BCUT2D eigenvalue weighted by Gasteiger charge is 2.83. The lowest BCUT2D eigenvalue weighted by atomic mass is 9.60. The number of Topliss-reactive ketones (excluding diaryl/α,β-unsaturated/α-hetero) is 1. The number of carbonyl (C=O) groups is 2. The first-order chi connectivity index (χ1) is 14.3. The molecule has 2 N–H and O–H groups in total. The molecular weight excluding hydrogens is 416 g/mol. The van der Waals surface area contributed by atoms with E-state index in [4.69, 9.17) is 16.3 Å². The summed E-state index contributed by atoms with van der Waals surface area (Å²) >= 11 is 6.23. The molecule has 0 bridgehead atoms. The predicted molar refractivity (Wildman–Crippen MR) is 118 cm³/mol. The van der Waals surface area contributed by atoms with Crippen molar-refractivity contribution in [2.45, 2.75) is 71.2 Å². The van der Waals surface area contributed by atoms with Gasteiger partial charge in [-0.2, -0.15) is 0 Å². The number of fused-ring (bicyclic) bond motifs is 5. The van der Waals surface area contributed by atoms with E-state index in [0.717, 1.165) is 5.57 Å². The van der Waals surface area contributed by atoms with Crippen molar-refractivity contribution in [2.24, 2.45) is 29.1 Å². The van der Waals surface area contributed by atoms with Crippen LogP contribution in [0, 0.1) is 29.1 Å². The van der Waals surface area contributed by atoms with E-state index < -0.39 is 28.6 Å². The van der Waals surface area contributed by atoms with Gasteiger partial charge < -0.3 is 14.9 Å². The highest BCUT2D eigenvalue weighted by atomic mass is 35.5. The quantitative estimate of drug-likeness (QED) is 0.297. The van der Waals surface area contributed by atoms with Crippen molar-refractivity contribution >= 4 is 23.4 Å². The fourth-order valence-electron chi connectivity index (χ4n) is 6.94. The summed E-state index contributed by atoms with van der Waals surface area (Å²) in [6.07, 6.45) is 6.02. The predicted octanol–water partition coefficient (Wildman–Crippen LogP) is 3.72. The second-order valence-corrected chi connectivity index (χ2v) is 11.0. The Labute approximate surface area is 189 Å². The van der Waals surface area contributed by atoms with E-state index in [9.17, 15) is 19.8 Å². The maximum Gasteiger partial charge on any atom is 0.333 e. The number of carbonyl (C=O) groups excluding carboxylic acids is 2. The zero-order valence-electron chi connectivity index (χ0n) is 19.2. The molecule has 4 rings (SSSR count). The van der Waals surface area contributed by atoms with Crippen LogP contribution >= 0.6 is 11.6 Å². The fraction of sp³-hybridized carbons (Fsp3) is 0.680. The maximum atomic E-state index is 13.0. The van der Waals surface area contributed by atoms with Gasteiger partial charge in [0.25, 0.3) is 0 Å². The summed E-state index contributed by atoms with van der Waals surface area (Å²) < 4.78 is 6.15. The Bertz CT molecular complexity index is 946. The summed E-state index contributed by atoms with van der Waals surface area (Å²) in [7, 11) is 0. The highest BCUT2D eigenvalue weighted by molar-refractivity contribution is 6.19. The van der Waals surface area contributed by atoms with Crippen LogP contribution in [0.15, 0.2) is 34.9 Å². The molecule has 170 valence electrons. The minimum Gasteiger partial charge on any atom is -0.455 e. The molecule has 0 spiro atoms. The molecule has 2 fully saturated rings. The number of hydrogen-bond donors (Lipinski definition) is 2. The van der Waals surface area contributed by atoms with Gasteiger partial charge in [0, 0.05) is 41.0 Å². The smallest absolute Gasteiger partial charge is 0.333 e. The zero-order valence-corrected chi connectivity index (χ0v) is 19.9. The van der Waals surface area contributed by atoms with Crippen LogP contribution in [-0.2, 0) is 14.3 Å². The van der Waals surface area contributed by atoms with Gasteiger partial charge in [0.05, 0.1) is 5.60 Å². The van der Waals surface area contributed by atoms with Gasteiger partial charge in [0.15, 0.2) is 5.78 Å². The van der Waals surface area contributed by atoms with Crippen LogP contribution in [0.4, 0.5) is 0 Å². The molecule has 2 saturated carbocycles. The average molecular weight is 449 g/mol. The van der Waals surface area contributed by atoms with Crippen molar-refractivity contribution in [1.82, 2.24) is 0 Å². The molecule has 4 aliphatic rings. The van der Waals surface area contributed by atoms with Crippen molar-refractivity contribution in [1.29, 1.82) is 0 Å². The Morgan fingerprint density at radius 1 is 1.32 bits per heavy atom. The SMILES string of the molecule is C/C=C(\C)C(=O)O[C@@]12C[C@@H](C)[C@@]3(O)[C@@H](C=C(CCl)C[C@]4(O)C(=O)C(C)=C[C@@H]34)[C@H]1C2(C)C. The molecule has 0 heterocycles. The third kappa shape index (κ3) is 2.69. The van der Waals surface area contributed by atoms with Gasteiger partial charge in [-0.3, -0.25) is 4.79 Å². The minimum atomic E-state index is -1.69. The molecule has 5 nitrogen and oxygen atoms in total. The topological polar surface area (TPSA) is 83.8 Å². The molecule has 4 aliphatic carbocycles. The Balaban J connectivity index is 1.85. The molecule has 0 unspecified atom stereocenters. The fourth-order valence-corrected chi connectivity index (χ4v) is 7.13. The molecule has 0 aliphatic heterocycles. The third-order valence-electron chi connectivity index (χ3n) is 8.87. The van der Waals surface area contributed by atoms with Crippen LogP contribution in [0.1, 0.15) is 54.4 Å². The van der Waals surface area contributed by atoms with Crippen LogP contribution in [0.3, 0.4) is 0 Å². The summed E-state index contributed by atoms with van der Waals surface area (Å²) in [5.41, 5.74) is -2.34. The molecule has 0 radical (unpaired) electrons. The van der Waals surface area contributed by atoms with Crippen LogP contribution in [-0.4, -0.2) is 44.6 Å². The van der Waals surface area contributed by atoms with Gasteiger partial charge in [-0.15, -0.1) is 11.6 Å². The van der Waals surface area contributed by atoms with Crippen molar-refractivity contribution < 1.29 is 24.5 Å². The number of rotatable bonds is 3. The van der Waals surface area contributed by atoms with Gasteiger partial charge in [-0.25, -0.2) is 4.79 Å². The molecule has 0 aromatic carbocycles. The average Bonchev–Trinajstić information content (AvgIpc) is 3.11. The molecule has 0 aromatic heterocycles. The van der Waals surface area contributed by atoms with E-state index >= 15 is 0 Å². The molecular formula is C25H33ClO5. The van der Waals surface area contributed by atoms with E-state index in [2.05, 4.69) is 13.8 Å².